The molecule has 0 aromatic heterocycles. The predicted octanol–water partition coefficient (Wildman–Crippen LogP) is 2.55. The van der Waals surface area contributed by atoms with Gasteiger partial charge in [0.25, 0.3) is 5.69 Å². The zero-order valence-corrected chi connectivity index (χ0v) is 14.9. The van der Waals surface area contributed by atoms with Gasteiger partial charge in [0.05, 0.1) is 9.82 Å². The Kier molecular flexibility index (Phi) is 4.92. The van der Waals surface area contributed by atoms with Crippen molar-refractivity contribution in [1.82, 2.24) is 4.31 Å². The Bertz CT molecular complexity index is 941. The predicted molar refractivity (Wildman–Crippen MR) is 95.2 cm³/mol. The van der Waals surface area contributed by atoms with Crippen molar-refractivity contribution in [1.29, 1.82) is 0 Å². The van der Waals surface area contributed by atoms with E-state index in [1.54, 1.807) is 19.1 Å². The normalized spacial score (nSPS) is 15.8. The molecule has 0 N–H and O–H groups in total. The van der Waals surface area contributed by atoms with Crippen LogP contribution >= 0.6 is 0 Å². The van der Waals surface area contributed by atoms with Crippen LogP contribution in [0.25, 0.3) is 0 Å². The molecule has 2 aromatic carbocycles. The van der Waals surface area contributed by atoms with Gasteiger partial charge in [-0.05, 0) is 37.3 Å². The maximum atomic E-state index is 13.3. The second-order valence-electron chi connectivity index (χ2n) is 6.08. The van der Waals surface area contributed by atoms with Crippen LogP contribution in [0.2, 0.25) is 0 Å². The van der Waals surface area contributed by atoms with Crippen LogP contribution in [-0.2, 0) is 10.0 Å². The van der Waals surface area contributed by atoms with Crippen LogP contribution in [0.15, 0.2) is 47.4 Å². The fourth-order valence-electron chi connectivity index (χ4n) is 3.00. The molecule has 1 saturated heterocycles. The Morgan fingerprint density at radius 2 is 1.77 bits per heavy atom. The molecule has 1 aliphatic rings. The summed E-state index contributed by atoms with van der Waals surface area (Å²) in [5, 5.41) is 10.9. The summed E-state index contributed by atoms with van der Waals surface area (Å²) in [5.41, 5.74) is 1.43. The molecule has 26 heavy (non-hydrogen) atoms. The number of rotatable bonds is 4. The minimum atomic E-state index is -3.74. The van der Waals surface area contributed by atoms with Crippen LogP contribution in [0.5, 0.6) is 0 Å². The van der Waals surface area contributed by atoms with E-state index >= 15 is 0 Å². The first kappa shape index (κ1) is 18.3. The number of nitro groups is 1. The average molecular weight is 379 g/mol. The first-order valence-electron chi connectivity index (χ1n) is 8.05. The number of nitro benzene ring substituents is 1. The van der Waals surface area contributed by atoms with Crippen molar-refractivity contribution in [3.63, 3.8) is 0 Å². The van der Waals surface area contributed by atoms with E-state index in [0.717, 1.165) is 11.8 Å². The highest BCUT2D eigenvalue weighted by atomic mass is 32.2. The molecule has 138 valence electrons. The van der Waals surface area contributed by atoms with Crippen LogP contribution in [0.3, 0.4) is 0 Å². The molecule has 3 rings (SSSR count). The van der Waals surface area contributed by atoms with Crippen molar-refractivity contribution in [2.45, 2.75) is 11.8 Å². The van der Waals surface area contributed by atoms with E-state index in [1.807, 2.05) is 4.90 Å². The molecule has 0 bridgehead atoms. The lowest BCUT2D eigenvalue weighted by molar-refractivity contribution is -0.385. The third kappa shape index (κ3) is 3.54. The number of benzene rings is 2. The Morgan fingerprint density at radius 1 is 1.08 bits per heavy atom. The number of anilines is 1. The van der Waals surface area contributed by atoms with E-state index in [0.29, 0.717) is 18.7 Å². The minimum Gasteiger partial charge on any atom is -0.369 e. The summed E-state index contributed by atoms with van der Waals surface area (Å²) in [6, 6.07) is 9.83. The molecule has 0 amide bonds. The smallest absolute Gasteiger partial charge is 0.272 e. The van der Waals surface area contributed by atoms with Gasteiger partial charge in [-0.1, -0.05) is 6.07 Å². The number of aryl methyl sites for hydroxylation is 1. The molecule has 0 radical (unpaired) electrons. The number of hydrogen-bond acceptors (Lipinski definition) is 5. The molecule has 0 spiro atoms. The maximum Gasteiger partial charge on any atom is 0.272 e. The van der Waals surface area contributed by atoms with Gasteiger partial charge in [-0.3, -0.25) is 10.1 Å². The van der Waals surface area contributed by atoms with E-state index in [-0.39, 0.29) is 23.7 Å². The van der Waals surface area contributed by atoms with Crippen molar-refractivity contribution in [3.05, 3.63) is 64.0 Å². The zero-order valence-electron chi connectivity index (χ0n) is 14.1. The molecule has 0 aliphatic carbocycles. The molecule has 0 atom stereocenters. The second kappa shape index (κ2) is 7.00. The van der Waals surface area contributed by atoms with Gasteiger partial charge in [0.2, 0.25) is 10.0 Å². The van der Waals surface area contributed by atoms with Gasteiger partial charge in [-0.15, -0.1) is 0 Å². The number of sulfonamides is 1. The molecular formula is C17H18FN3O4S. The topological polar surface area (TPSA) is 83.8 Å². The van der Waals surface area contributed by atoms with Gasteiger partial charge in [-0.2, -0.15) is 4.31 Å². The zero-order chi connectivity index (χ0) is 18.9. The van der Waals surface area contributed by atoms with Crippen LogP contribution in [0.4, 0.5) is 15.8 Å². The summed E-state index contributed by atoms with van der Waals surface area (Å²) in [4.78, 5) is 12.4. The Balaban J connectivity index is 1.73. The van der Waals surface area contributed by atoms with Crippen molar-refractivity contribution in [2.75, 3.05) is 31.1 Å². The molecular weight excluding hydrogens is 361 g/mol. The molecule has 7 nitrogen and oxygen atoms in total. The Labute approximate surface area is 150 Å². The van der Waals surface area contributed by atoms with Gasteiger partial charge >= 0.3 is 0 Å². The third-order valence-electron chi connectivity index (χ3n) is 4.41. The van der Waals surface area contributed by atoms with E-state index in [9.17, 15) is 22.9 Å². The highest BCUT2D eigenvalue weighted by Gasteiger charge is 2.29. The lowest BCUT2D eigenvalue weighted by atomic mass is 10.1. The van der Waals surface area contributed by atoms with Gasteiger partial charge in [0, 0.05) is 43.5 Å². The van der Waals surface area contributed by atoms with Crippen LogP contribution in [-0.4, -0.2) is 43.8 Å². The van der Waals surface area contributed by atoms with Gasteiger partial charge in [0.15, 0.2) is 0 Å². The fourth-order valence-corrected chi connectivity index (χ4v) is 4.46. The molecule has 9 heteroatoms. The largest absolute Gasteiger partial charge is 0.369 e. The van der Waals surface area contributed by atoms with Crippen LogP contribution in [0.1, 0.15) is 5.56 Å². The summed E-state index contributed by atoms with van der Waals surface area (Å²) in [6.45, 7) is 3.09. The Hall–Kier alpha value is -2.52. The molecule has 2 aromatic rings. The van der Waals surface area contributed by atoms with Gasteiger partial charge in [-0.25, -0.2) is 12.8 Å². The number of halogens is 1. The monoisotopic (exact) mass is 379 g/mol. The maximum absolute atomic E-state index is 13.3. The quantitative estimate of drug-likeness (QED) is 0.602. The number of nitrogens with zero attached hydrogens (tertiary/aromatic N) is 3. The molecule has 1 fully saturated rings. The lowest BCUT2D eigenvalue weighted by Gasteiger charge is -2.35. The SMILES string of the molecule is Cc1cc(N2CCN(S(=O)(=O)c3cccc(F)c3)CC2)ccc1[N+](=O)[O-]. The molecule has 0 unspecified atom stereocenters. The van der Waals surface area contributed by atoms with Gasteiger partial charge < -0.3 is 4.90 Å². The highest BCUT2D eigenvalue weighted by molar-refractivity contribution is 7.89. The van der Waals surface area contributed by atoms with E-state index in [1.165, 1.54) is 28.6 Å². The van der Waals surface area contributed by atoms with E-state index < -0.39 is 20.8 Å². The van der Waals surface area contributed by atoms with E-state index in [2.05, 4.69) is 0 Å². The molecule has 1 aliphatic heterocycles. The lowest BCUT2D eigenvalue weighted by Crippen LogP contribution is -2.48. The Morgan fingerprint density at radius 3 is 2.35 bits per heavy atom. The van der Waals surface area contributed by atoms with Gasteiger partial charge in [0.1, 0.15) is 5.82 Å². The first-order chi connectivity index (χ1) is 12.3. The summed E-state index contributed by atoms with van der Waals surface area (Å²) in [6.07, 6.45) is 0. The minimum absolute atomic E-state index is 0.0565. The van der Waals surface area contributed by atoms with Crippen molar-refractivity contribution >= 4 is 21.4 Å². The first-order valence-corrected chi connectivity index (χ1v) is 9.49. The number of piperazine rings is 1. The molecule has 0 saturated carbocycles. The standard InChI is InChI=1S/C17H18FN3O4S/c1-13-11-15(5-6-17(13)21(22)23)19-7-9-20(10-8-19)26(24,25)16-4-2-3-14(18)12-16/h2-6,11-12H,7-10H2,1H3. The van der Waals surface area contributed by atoms with Crippen molar-refractivity contribution < 1.29 is 17.7 Å². The summed E-state index contributed by atoms with van der Waals surface area (Å²) in [5.74, 6) is -0.592. The van der Waals surface area contributed by atoms with E-state index in [4.69, 9.17) is 0 Å². The summed E-state index contributed by atoms with van der Waals surface area (Å²) < 4.78 is 39.9. The number of hydrogen-bond donors (Lipinski definition) is 0. The summed E-state index contributed by atoms with van der Waals surface area (Å²) >= 11 is 0. The van der Waals surface area contributed by atoms with Crippen LogP contribution in [0, 0.1) is 22.9 Å². The third-order valence-corrected chi connectivity index (χ3v) is 6.31. The average Bonchev–Trinajstić information content (AvgIpc) is 2.61. The van der Waals surface area contributed by atoms with Crippen molar-refractivity contribution in [3.8, 4) is 0 Å². The van der Waals surface area contributed by atoms with Crippen LogP contribution < -0.4 is 4.90 Å². The summed E-state index contributed by atoms with van der Waals surface area (Å²) in [7, 11) is -3.74. The highest BCUT2D eigenvalue weighted by Crippen LogP contribution is 2.26. The van der Waals surface area contributed by atoms with Crippen molar-refractivity contribution in [2.24, 2.45) is 0 Å². The fraction of sp³-hybridized carbons (Fsp3) is 0.294. The second-order valence-corrected chi connectivity index (χ2v) is 8.01. The molecule has 1 heterocycles.